The predicted molar refractivity (Wildman–Crippen MR) is 68.0 cm³/mol. The maximum atomic E-state index is 8.97. The van der Waals surface area contributed by atoms with Crippen LogP contribution in [0.4, 0.5) is 0 Å². The average Bonchev–Trinajstić information content (AvgIpc) is 3.10. The molecule has 0 saturated heterocycles. The van der Waals surface area contributed by atoms with Crippen LogP contribution in [0, 0.1) is 11.3 Å². The molecule has 92 valence electrons. The van der Waals surface area contributed by atoms with Crippen LogP contribution in [-0.4, -0.2) is 14.3 Å². The number of nitrogens with zero attached hydrogens (tertiary/aromatic N) is 4. The van der Waals surface area contributed by atoms with E-state index in [-0.39, 0.29) is 0 Å². The molecule has 0 bridgehead atoms. The van der Waals surface area contributed by atoms with Gasteiger partial charge >= 0.3 is 0 Å². The van der Waals surface area contributed by atoms with Crippen LogP contribution >= 0.6 is 0 Å². The van der Waals surface area contributed by atoms with Gasteiger partial charge in [-0.25, -0.2) is 0 Å². The highest BCUT2D eigenvalue weighted by Crippen LogP contribution is 2.28. The Morgan fingerprint density at radius 3 is 2.89 bits per heavy atom. The third-order valence-electron chi connectivity index (χ3n) is 3.64. The molecule has 0 spiro atoms. The van der Waals surface area contributed by atoms with E-state index in [0.29, 0.717) is 18.3 Å². The van der Waals surface area contributed by atoms with Gasteiger partial charge in [-0.2, -0.15) is 10.4 Å². The van der Waals surface area contributed by atoms with Gasteiger partial charge in [0.05, 0.1) is 18.3 Å². The quantitative estimate of drug-likeness (QED) is 0.828. The van der Waals surface area contributed by atoms with E-state index in [1.807, 2.05) is 22.9 Å². The molecule has 0 N–H and O–H groups in total. The zero-order chi connectivity index (χ0) is 12.4. The van der Waals surface area contributed by atoms with Crippen molar-refractivity contribution in [2.45, 2.75) is 38.3 Å². The van der Waals surface area contributed by atoms with Crippen molar-refractivity contribution in [3.05, 3.63) is 42.0 Å². The minimum absolute atomic E-state index is 0.582. The molecule has 4 heteroatoms. The molecule has 1 aliphatic carbocycles. The Hall–Kier alpha value is -2.02. The molecule has 0 radical (unpaired) electrons. The van der Waals surface area contributed by atoms with E-state index in [4.69, 9.17) is 5.26 Å². The van der Waals surface area contributed by atoms with Crippen molar-refractivity contribution in [2.75, 3.05) is 0 Å². The summed E-state index contributed by atoms with van der Waals surface area (Å²) in [6.45, 7) is 0.676. The Morgan fingerprint density at radius 2 is 2.11 bits per heavy atom. The third kappa shape index (κ3) is 2.04. The van der Waals surface area contributed by atoms with Gasteiger partial charge in [0.1, 0.15) is 11.8 Å². The third-order valence-corrected chi connectivity index (χ3v) is 3.64. The summed E-state index contributed by atoms with van der Waals surface area (Å²) in [4.78, 5) is 0. The molecular weight excluding hydrogens is 224 g/mol. The molecule has 18 heavy (non-hydrogen) atoms. The van der Waals surface area contributed by atoms with Gasteiger partial charge in [-0.3, -0.25) is 4.68 Å². The smallest absolute Gasteiger partial charge is 0.120 e. The van der Waals surface area contributed by atoms with Crippen molar-refractivity contribution < 1.29 is 0 Å². The van der Waals surface area contributed by atoms with Crippen molar-refractivity contribution in [3.63, 3.8) is 0 Å². The Balaban J connectivity index is 1.76. The fourth-order valence-corrected chi connectivity index (χ4v) is 2.66. The fraction of sp³-hybridized carbons (Fsp3) is 0.429. The number of rotatable bonds is 3. The molecule has 1 fully saturated rings. The molecule has 4 nitrogen and oxygen atoms in total. The molecule has 1 aliphatic rings. The van der Waals surface area contributed by atoms with E-state index in [2.05, 4.69) is 28.1 Å². The number of aromatic nitrogens is 3. The lowest BCUT2D eigenvalue weighted by Crippen LogP contribution is -2.07. The fourth-order valence-electron chi connectivity index (χ4n) is 2.66. The Morgan fingerprint density at radius 1 is 1.28 bits per heavy atom. The van der Waals surface area contributed by atoms with Crippen LogP contribution in [0.1, 0.15) is 43.1 Å². The first-order chi connectivity index (χ1) is 8.86. The van der Waals surface area contributed by atoms with E-state index >= 15 is 0 Å². The van der Waals surface area contributed by atoms with Crippen molar-refractivity contribution in [3.8, 4) is 6.07 Å². The molecule has 0 unspecified atom stereocenters. The summed E-state index contributed by atoms with van der Waals surface area (Å²) in [7, 11) is 0. The monoisotopic (exact) mass is 240 g/mol. The van der Waals surface area contributed by atoms with Crippen molar-refractivity contribution in [1.82, 2.24) is 14.3 Å². The van der Waals surface area contributed by atoms with Gasteiger partial charge in [-0.15, -0.1) is 0 Å². The molecule has 2 aromatic rings. The maximum absolute atomic E-state index is 8.97. The topological polar surface area (TPSA) is 46.5 Å². The second kappa shape index (κ2) is 4.69. The maximum Gasteiger partial charge on any atom is 0.120 e. The van der Waals surface area contributed by atoms with Gasteiger partial charge in [0, 0.05) is 12.4 Å². The molecule has 0 aliphatic heterocycles. The van der Waals surface area contributed by atoms with Crippen LogP contribution in [0.3, 0.4) is 0 Å². The van der Waals surface area contributed by atoms with Gasteiger partial charge in [-0.1, -0.05) is 12.8 Å². The second-order valence-corrected chi connectivity index (χ2v) is 4.86. The Kier molecular flexibility index (Phi) is 2.89. The molecule has 1 saturated carbocycles. The Bertz CT molecular complexity index is 567. The van der Waals surface area contributed by atoms with Gasteiger partial charge in [-0.05, 0) is 31.0 Å². The van der Waals surface area contributed by atoms with Crippen LogP contribution in [0.15, 0.2) is 30.6 Å². The summed E-state index contributed by atoms with van der Waals surface area (Å²) in [5.41, 5.74) is 1.71. The van der Waals surface area contributed by atoms with Gasteiger partial charge in [0.25, 0.3) is 0 Å². The highest BCUT2D eigenvalue weighted by molar-refractivity contribution is 5.23. The van der Waals surface area contributed by atoms with Crippen molar-refractivity contribution in [1.29, 1.82) is 5.26 Å². The van der Waals surface area contributed by atoms with Crippen molar-refractivity contribution >= 4 is 0 Å². The molecular formula is C14H16N4. The molecule has 0 atom stereocenters. The summed E-state index contributed by atoms with van der Waals surface area (Å²) >= 11 is 0. The van der Waals surface area contributed by atoms with E-state index in [0.717, 1.165) is 5.69 Å². The van der Waals surface area contributed by atoms with Crippen LogP contribution in [-0.2, 0) is 6.54 Å². The highest BCUT2D eigenvalue weighted by Gasteiger charge is 2.17. The summed E-state index contributed by atoms with van der Waals surface area (Å²) in [5, 5.41) is 13.6. The predicted octanol–water partition coefficient (Wildman–Crippen LogP) is 2.72. The second-order valence-electron chi connectivity index (χ2n) is 4.86. The number of hydrogen-bond acceptors (Lipinski definition) is 2. The number of nitriles is 1. The summed E-state index contributed by atoms with van der Waals surface area (Å²) < 4.78 is 4.03. The summed E-state index contributed by atoms with van der Waals surface area (Å²) in [6, 6.07) is 8.55. The minimum Gasteiger partial charge on any atom is -0.333 e. The SMILES string of the molecule is N#Cc1cccn1Cc1ccn(C2CCCC2)n1. The lowest BCUT2D eigenvalue weighted by atomic mass is 10.3. The van der Waals surface area contributed by atoms with Crippen LogP contribution in [0.25, 0.3) is 0 Å². The van der Waals surface area contributed by atoms with Crippen LogP contribution in [0.2, 0.25) is 0 Å². The highest BCUT2D eigenvalue weighted by atomic mass is 15.3. The van der Waals surface area contributed by atoms with Gasteiger partial charge in [0.15, 0.2) is 0 Å². The molecule has 3 rings (SSSR count). The van der Waals surface area contributed by atoms with E-state index < -0.39 is 0 Å². The molecule has 0 aromatic carbocycles. The molecule has 0 amide bonds. The largest absolute Gasteiger partial charge is 0.333 e. The first-order valence-corrected chi connectivity index (χ1v) is 6.46. The summed E-state index contributed by atoms with van der Waals surface area (Å²) in [5.74, 6) is 0. The zero-order valence-electron chi connectivity index (χ0n) is 10.3. The van der Waals surface area contributed by atoms with Gasteiger partial charge < -0.3 is 4.57 Å². The lowest BCUT2D eigenvalue weighted by Gasteiger charge is -2.09. The van der Waals surface area contributed by atoms with Crippen LogP contribution in [0.5, 0.6) is 0 Å². The zero-order valence-corrected chi connectivity index (χ0v) is 10.3. The number of hydrogen-bond donors (Lipinski definition) is 0. The van der Waals surface area contributed by atoms with Gasteiger partial charge in [0.2, 0.25) is 0 Å². The lowest BCUT2D eigenvalue weighted by molar-refractivity contribution is 0.461. The minimum atomic E-state index is 0.582. The first-order valence-electron chi connectivity index (χ1n) is 6.46. The standard InChI is InChI=1S/C14H16N4/c15-10-14-6-3-8-17(14)11-12-7-9-18(16-12)13-4-1-2-5-13/h3,6-9,13H,1-2,4-5,11H2. The average molecular weight is 240 g/mol. The van der Waals surface area contributed by atoms with Crippen molar-refractivity contribution in [2.24, 2.45) is 0 Å². The van der Waals surface area contributed by atoms with E-state index in [1.54, 1.807) is 0 Å². The van der Waals surface area contributed by atoms with E-state index in [1.165, 1.54) is 25.7 Å². The normalized spacial score (nSPS) is 15.9. The Labute approximate surface area is 106 Å². The molecule has 2 aromatic heterocycles. The van der Waals surface area contributed by atoms with E-state index in [9.17, 15) is 0 Å². The molecule has 2 heterocycles. The first kappa shape index (κ1) is 11.1. The summed E-state index contributed by atoms with van der Waals surface area (Å²) in [6.07, 6.45) is 9.11. The van der Waals surface area contributed by atoms with Crippen LogP contribution < -0.4 is 0 Å².